The van der Waals surface area contributed by atoms with Crippen molar-refractivity contribution in [3.05, 3.63) is 60.8 Å². The Hall–Kier alpha value is -2.25. The maximum atomic E-state index is 12.3. The van der Waals surface area contributed by atoms with Crippen molar-refractivity contribution in [3.8, 4) is 0 Å². The van der Waals surface area contributed by atoms with Crippen LogP contribution in [0.15, 0.2) is 60.8 Å². The van der Waals surface area contributed by atoms with Crippen LogP contribution in [-0.2, 0) is 28.2 Å². The Morgan fingerprint density at radius 1 is 0.520 bits per heavy atom. The highest BCUT2D eigenvalue weighted by atomic mass is 31.2. The highest BCUT2D eigenvalue weighted by molar-refractivity contribution is 7.46. The van der Waals surface area contributed by atoms with Gasteiger partial charge in [0, 0.05) is 12.8 Å². The van der Waals surface area contributed by atoms with Crippen LogP contribution in [0.25, 0.3) is 0 Å². The minimum absolute atomic E-state index is 0.115. The van der Waals surface area contributed by atoms with Gasteiger partial charge in [-0.25, -0.2) is 4.57 Å². The molecule has 0 heterocycles. The standard InChI is InChI=1S/C41H71O8P/c1-3-5-7-9-11-13-15-17-19-20-22-23-25-27-29-31-33-35-40(42)47-37-39(38-48-50(44,45)46)49-41(43)36-34-32-30-28-26-24-21-18-16-14-12-10-8-6-4-2/h11,13,17,19,22-23,27,29-30,32,39H,3-10,12,14-16,18,20-21,24-26,28,31,33-38H2,1-2H3,(H2,44,45,46)/b13-11+,19-17+,23-22+,29-27+,32-30+/t39-/m1/s1. The fraction of sp³-hybridized carbons (Fsp3) is 0.707. The first-order valence-electron chi connectivity index (χ1n) is 19.6. The Balaban J connectivity index is 4.10. The van der Waals surface area contributed by atoms with Gasteiger partial charge in [-0.15, -0.1) is 0 Å². The van der Waals surface area contributed by atoms with Gasteiger partial charge in [0.05, 0.1) is 6.61 Å². The summed E-state index contributed by atoms with van der Waals surface area (Å²) in [6, 6.07) is 0. The van der Waals surface area contributed by atoms with Crippen molar-refractivity contribution < 1.29 is 37.9 Å². The summed E-state index contributed by atoms with van der Waals surface area (Å²) in [5.74, 6) is -1.01. The maximum Gasteiger partial charge on any atom is 0.469 e. The molecule has 0 aliphatic heterocycles. The van der Waals surface area contributed by atoms with E-state index in [1.165, 1.54) is 89.9 Å². The molecular weight excluding hydrogens is 651 g/mol. The molecule has 2 N–H and O–H groups in total. The van der Waals surface area contributed by atoms with Gasteiger partial charge in [0.1, 0.15) is 6.61 Å². The average Bonchev–Trinajstić information content (AvgIpc) is 3.08. The quantitative estimate of drug-likeness (QED) is 0.0287. The van der Waals surface area contributed by atoms with E-state index in [9.17, 15) is 14.2 Å². The highest BCUT2D eigenvalue weighted by Crippen LogP contribution is 2.35. The second-order valence-corrected chi connectivity index (χ2v) is 14.1. The Morgan fingerprint density at radius 3 is 1.48 bits per heavy atom. The van der Waals surface area contributed by atoms with Crippen molar-refractivity contribution in [1.29, 1.82) is 0 Å². The van der Waals surface area contributed by atoms with E-state index in [1.54, 1.807) is 0 Å². The number of unbranched alkanes of at least 4 members (excludes halogenated alkanes) is 15. The molecule has 50 heavy (non-hydrogen) atoms. The molecule has 0 aliphatic carbocycles. The lowest BCUT2D eigenvalue weighted by Crippen LogP contribution is -2.29. The van der Waals surface area contributed by atoms with Crippen LogP contribution in [0.3, 0.4) is 0 Å². The smallest absolute Gasteiger partial charge is 0.462 e. The predicted molar refractivity (Wildman–Crippen MR) is 207 cm³/mol. The van der Waals surface area contributed by atoms with Crippen LogP contribution in [0.1, 0.15) is 168 Å². The van der Waals surface area contributed by atoms with Gasteiger partial charge < -0.3 is 19.3 Å². The first-order valence-corrected chi connectivity index (χ1v) is 21.1. The van der Waals surface area contributed by atoms with Crippen LogP contribution >= 0.6 is 7.82 Å². The van der Waals surface area contributed by atoms with Crippen molar-refractivity contribution in [2.45, 2.75) is 174 Å². The molecule has 288 valence electrons. The van der Waals surface area contributed by atoms with Crippen molar-refractivity contribution >= 4 is 19.8 Å². The molecule has 0 saturated carbocycles. The molecule has 0 aliphatic rings. The summed E-state index contributed by atoms with van der Waals surface area (Å²) in [5.41, 5.74) is 0. The monoisotopic (exact) mass is 722 g/mol. The van der Waals surface area contributed by atoms with E-state index in [1.807, 2.05) is 12.2 Å². The summed E-state index contributed by atoms with van der Waals surface area (Å²) in [6.45, 7) is 3.57. The summed E-state index contributed by atoms with van der Waals surface area (Å²) in [5, 5.41) is 0. The topological polar surface area (TPSA) is 119 Å². The summed E-state index contributed by atoms with van der Waals surface area (Å²) < 4.78 is 26.2. The molecule has 0 spiro atoms. The molecule has 9 heteroatoms. The molecule has 0 aromatic rings. The number of allylic oxidation sites excluding steroid dienone is 10. The zero-order valence-corrected chi connectivity index (χ0v) is 32.4. The summed E-state index contributed by atoms with van der Waals surface area (Å²) >= 11 is 0. The number of hydrogen-bond donors (Lipinski definition) is 2. The Kier molecular flexibility index (Phi) is 34.9. The molecule has 0 fully saturated rings. The van der Waals surface area contributed by atoms with E-state index >= 15 is 0 Å². The summed E-state index contributed by atoms with van der Waals surface area (Å²) in [6.07, 6.45) is 45.3. The summed E-state index contributed by atoms with van der Waals surface area (Å²) in [7, 11) is -4.77. The third-order valence-electron chi connectivity index (χ3n) is 8.02. The van der Waals surface area contributed by atoms with Crippen LogP contribution in [0, 0.1) is 0 Å². The van der Waals surface area contributed by atoms with Crippen LogP contribution in [-0.4, -0.2) is 41.0 Å². The molecule has 0 aromatic heterocycles. The minimum Gasteiger partial charge on any atom is -0.462 e. The number of carbonyl (C=O) groups excluding carboxylic acids is 2. The molecule has 1 atom stereocenters. The van der Waals surface area contributed by atoms with E-state index in [4.69, 9.17) is 19.3 Å². The molecule has 0 radical (unpaired) electrons. The van der Waals surface area contributed by atoms with Gasteiger partial charge in [-0.2, -0.15) is 0 Å². The number of phosphoric acid groups is 1. The molecule has 0 unspecified atom stereocenters. The molecule has 0 saturated heterocycles. The summed E-state index contributed by atoms with van der Waals surface area (Å²) in [4.78, 5) is 42.7. The van der Waals surface area contributed by atoms with Crippen molar-refractivity contribution in [3.63, 3.8) is 0 Å². The van der Waals surface area contributed by atoms with Gasteiger partial charge in [-0.3, -0.25) is 14.1 Å². The maximum absolute atomic E-state index is 12.3. The second kappa shape index (κ2) is 36.5. The zero-order valence-electron chi connectivity index (χ0n) is 31.5. The SMILES string of the molecule is CCCCC/C=C/C/C=C/C/C=C/C/C=C/CCCC(=O)OC[C@H](COP(=O)(O)O)OC(=O)CC/C=C/CCCCCCCCCCCCC. The lowest BCUT2D eigenvalue weighted by Gasteiger charge is -2.18. The fourth-order valence-electron chi connectivity index (χ4n) is 5.09. The minimum atomic E-state index is -4.77. The van der Waals surface area contributed by atoms with Gasteiger partial charge in [0.2, 0.25) is 0 Å². The van der Waals surface area contributed by atoms with E-state index < -0.39 is 32.5 Å². The Bertz CT molecular complexity index is 995. The van der Waals surface area contributed by atoms with Gasteiger partial charge >= 0.3 is 19.8 Å². The third-order valence-corrected chi connectivity index (χ3v) is 8.51. The Morgan fingerprint density at radius 2 is 0.940 bits per heavy atom. The van der Waals surface area contributed by atoms with Crippen molar-refractivity contribution in [2.75, 3.05) is 13.2 Å². The number of carbonyl (C=O) groups is 2. The molecule has 0 amide bonds. The van der Waals surface area contributed by atoms with Crippen molar-refractivity contribution in [2.24, 2.45) is 0 Å². The molecule has 0 aromatic carbocycles. The van der Waals surface area contributed by atoms with Crippen LogP contribution < -0.4 is 0 Å². The first-order chi connectivity index (χ1) is 24.3. The van der Waals surface area contributed by atoms with E-state index in [0.717, 1.165) is 38.5 Å². The third kappa shape index (κ3) is 38.6. The van der Waals surface area contributed by atoms with Gasteiger partial charge in [0.15, 0.2) is 6.10 Å². The first kappa shape index (κ1) is 47.8. The van der Waals surface area contributed by atoms with Crippen LogP contribution in [0.5, 0.6) is 0 Å². The lowest BCUT2D eigenvalue weighted by molar-refractivity contribution is -0.161. The normalized spacial score (nSPS) is 13.1. The van der Waals surface area contributed by atoms with E-state index in [2.05, 4.69) is 67.0 Å². The number of ether oxygens (including phenoxy) is 2. The molecule has 0 rings (SSSR count). The molecule has 8 nitrogen and oxygen atoms in total. The zero-order chi connectivity index (χ0) is 36.8. The van der Waals surface area contributed by atoms with E-state index in [0.29, 0.717) is 12.8 Å². The highest BCUT2D eigenvalue weighted by Gasteiger charge is 2.22. The van der Waals surface area contributed by atoms with E-state index in [-0.39, 0.29) is 19.4 Å². The van der Waals surface area contributed by atoms with Gasteiger partial charge in [0.25, 0.3) is 0 Å². The van der Waals surface area contributed by atoms with Gasteiger partial charge in [-0.1, -0.05) is 152 Å². The molecular formula is C41H71O8P. The number of rotatable bonds is 35. The number of esters is 2. The largest absolute Gasteiger partial charge is 0.469 e. The van der Waals surface area contributed by atoms with Crippen LogP contribution in [0.2, 0.25) is 0 Å². The van der Waals surface area contributed by atoms with Crippen molar-refractivity contribution in [1.82, 2.24) is 0 Å². The average molecular weight is 723 g/mol. The second-order valence-electron chi connectivity index (χ2n) is 12.9. The Labute approximate surface area is 305 Å². The molecule has 0 bridgehead atoms. The number of hydrogen-bond acceptors (Lipinski definition) is 6. The van der Waals surface area contributed by atoms with Crippen LogP contribution in [0.4, 0.5) is 0 Å². The predicted octanol–water partition coefficient (Wildman–Crippen LogP) is 11.7. The van der Waals surface area contributed by atoms with Gasteiger partial charge in [-0.05, 0) is 64.2 Å². The lowest BCUT2D eigenvalue weighted by atomic mass is 10.1. The fourth-order valence-corrected chi connectivity index (χ4v) is 5.45. The number of phosphoric ester groups is 1.